The Hall–Kier alpha value is -1.34. The molecule has 1 rings (SSSR count). The summed E-state index contributed by atoms with van der Waals surface area (Å²) in [5, 5.41) is 13.5. The third kappa shape index (κ3) is 4.45. The van der Waals surface area contributed by atoms with Gasteiger partial charge in [0.05, 0.1) is 6.07 Å². The van der Waals surface area contributed by atoms with E-state index in [1.54, 1.807) is 25.2 Å². The summed E-state index contributed by atoms with van der Waals surface area (Å²) in [6, 6.07) is 6.13. The predicted octanol–water partition coefficient (Wildman–Crippen LogP) is 2.49. The molecule has 0 saturated carbocycles. The summed E-state index contributed by atoms with van der Waals surface area (Å²) in [7, 11) is 0. The van der Waals surface area contributed by atoms with Crippen LogP contribution < -0.4 is 5.32 Å². The first-order valence-electron chi connectivity index (χ1n) is 5.28. The minimum atomic E-state index is -0.764. The Bertz CT molecular complexity index is 376. The minimum Gasteiger partial charge on any atom is -0.338 e. The van der Waals surface area contributed by atoms with Crippen LogP contribution >= 0.6 is 11.3 Å². The van der Waals surface area contributed by atoms with Gasteiger partial charge in [-0.2, -0.15) is 5.26 Å². The lowest BCUT2D eigenvalue weighted by molar-refractivity contribution is -0.122. The molecule has 0 atom stereocenters. The van der Waals surface area contributed by atoms with Gasteiger partial charge in [-0.1, -0.05) is 6.07 Å². The number of nitriles is 1. The van der Waals surface area contributed by atoms with Crippen molar-refractivity contribution in [3.63, 3.8) is 0 Å². The number of nitrogens with zero attached hydrogens (tertiary/aromatic N) is 1. The quantitative estimate of drug-likeness (QED) is 0.854. The molecule has 0 spiro atoms. The maximum Gasteiger partial charge on any atom is 0.221 e. The molecule has 0 aliphatic heterocycles. The van der Waals surface area contributed by atoms with Gasteiger partial charge in [0.2, 0.25) is 5.91 Å². The van der Waals surface area contributed by atoms with Crippen molar-refractivity contribution in [1.29, 1.82) is 5.26 Å². The summed E-state index contributed by atoms with van der Waals surface area (Å²) in [4.78, 5) is 12.8. The van der Waals surface area contributed by atoms with Crippen molar-refractivity contribution in [1.82, 2.24) is 5.32 Å². The fourth-order valence-electron chi connectivity index (χ4n) is 1.32. The van der Waals surface area contributed by atoms with E-state index in [-0.39, 0.29) is 5.91 Å². The van der Waals surface area contributed by atoms with Gasteiger partial charge < -0.3 is 5.32 Å². The number of thiophene rings is 1. The van der Waals surface area contributed by atoms with Gasteiger partial charge in [0.25, 0.3) is 0 Å². The second-order valence-electron chi connectivity index (χ2n) is 4.22. The molecule has 0 unspecified atom stereocenters. The predicted molar refractivity (Wildman–Crippen MR) is 65.1 cm³/mol. The molecular weight excluding hydrogens is 220 g/mol. The van der Waals surface area contributed by atoms with E-state index in [2.05, 4.69) is 11.4 Å². The molecule has 0 saturated heterocycles. The van der Waals surface area contributed by atoms with Gasteiger partial charge in [0, 0.05) is 11.3 Å². The molecule has 1 aromatic heterocycles. The summed E-state index contributed by atoms with van der Waals surface area (Å²) in [6.45, 7) is 3.40. The summed E-state index contributed by atoms with van der Waals surface area (Å²) in [6.07, 6.45) is 2.23. The Labute approximate surface area is 100 Å². The number of aryl methyl sites for hydroxylation is 1. The van der Waals surface area contributed by atoms with E-state index in [4.69, 9.17) is 5.26 Å². The average molecular weight is 236 g/mol. The fraction of sp³-hybridized carbons (Fsp3) is 0.500. The summed E-state index contributed by atoms with van der Waals surface area (Å²) >= 11 is 1.71. The molecule has 4 heteroatoms. The van der Waals surface area contributed by atoms with Gasteiger partial charge in [-0.15, -0.1) is 11.3 Å². The Kier molecular flexibility index (Phi) is 4.51. The molecule has 0 aromatic carbocycles. The van der Waals surface area contributed by atoms with Gasteiger partial charge in [-0.3, -0.25) is 4.79 Å². The zero-order valence-corrected chi connectivity index (χ0v) is 10.4. The molecular formula is C12H16N2OS. The lowest BCUT2D eigenvalue weighted by Gasteiger charge is -2.17. The zero-order valence-electron chi connectivity index (χ0n) is 9.62. The third-order valence-electron chi connectivity index (χ3n) is 2.14. The number of amides is 1. The Morgan fingerprint density at radius 2 is 2.38 bits per heavy atom. The molecule has 1 heterocycles. The van der Waals surface area contributed by atoms with Crippen molar-refractivity contribution >= 4 is 17.2 Å². The summed E-state index contributed by atoms with van der Waals surface area (Å²) in [5.41, 5.74) is -0.764. The number of hydrogen-bond donors (Lipinski definition) is 1. The highest BCUT2D eigenvalue weighted by atomic mass is 32.1. The molecule has 1 N–H and O–H groups in total. The lowest BCUT2D eigenvalue weighted by atomic mass is 10.1. The average Bonchev–Trinajstić information content (AvgIpc) is 2.70. The molecule has 0 aliphatic carbocycles. The van der Waals surface area contributed by atoms with E-state index in [0.29, 0.717) is 6.42 Å². The van der Waals surface area contributed by atoms with Crippen LogP contribution in [-0.4, -0.2) is 11.4 Å². The number of hydrogen-bond acceptors (Lipinski definition) is 3. The molecule has 0 radical (unpaired) electrons. The molecule has 3 nitrogen and oxygen atoms in total. The van der Waals surface area contributed by atoms with Crippen molar-refractivity contribution < 1.29 is 4.79 Å². The summed E-state index contributed by atoms with van der Waals surface area (Å²) in [5.74, 6) is -0.0527. The maximum absolute atomic E-state index is 11.5. The Morgan fingerprint density at radius 3 is 2.94 bits per heavy atom. The summed E-state index contributed by atoms with van der Waals surface area (Å²) < 4.78 is 0. The molecule has 86 valence electrons. The van der Waals surface area contributed by atoms with Gasteiger partial charge in [0.1, 0.15) is 5.54 Å². The highest BCUT2D eigenvalue weighted by Gasteiger charge is 2.18. The van der Waals surface area contributed by atoms with Crippen LogP contribution in [0, 0.1) is 11.3 Å². The van der Waals surface area contributed by atoms with E-state index in [1.807, 2.05) is 17.5 Å². The first-order valence-corrected chi connectivity index (χ1v) is 6.16. The lowest BCUT2D eigenvalue weighted by Crippen LogP contribution is -2.41. The topological polar surface area (TPSA) is 52.9 Å². The van der Waals surface area contributed by atoms with Crippen LogP contribution in [0.15, 0.2) is 17.5 Å². The highest BCUT2D eigenvalue weighted by Crippen LogP contribution is 2.12. The van der Waals surface area contributed by atoms with Crippen molar-refractivity contribution in [3.05, 3.63) is 22.4 Å². The fourth-order valence-corrected chi connectivity index (χ4v) is 2.07. The molecule has 0 aliphatic rings. The molecule has 16 heavy (non-hydrogen) atoms. The van der Waals surface area contributed by atoms with Crippen LogP contribution in [0.25, 0.3) is 0 Å². The first kappa shape index (κ1) is 12.7. The van der Waals surface area contributed by atoms with E-state index < -0.39 is 5.54 Å². The Morgan fingerprint density at radius 1 is 1.62 bits per heavy atom. The van der Waals surface area contributed by atoms with Crippen LogP contribution in [0.3, 0.4) is 0 Å². The largest absolute Gasteiger partial charge is 0.338 e. The number of nitrogens with one attached hydrogen (secondary N) is 1. The monoisotopic (exact) mass is 236 g/mol. The smallest absolute Gasteiger partial charge is 0.221 e. The number of rotatable bonds is 5. The number of carbonyl (C=O) groups is 1. The molecule has 0 bridgehead atoms. The van der Waals surface area contributed by atoms with Crippen molar-refractivity contribution in [2.24, 2.45) is 0 Å². The van der Waals surface area contributed by atoms with Crippen LogP contribution in [-0.2, 0) is 11.2 Å². The van der Waals surface area contributed by atoms with Crippen LogP contribution in [0.5, 0.6) is 0 Å². The van der Waals surface area contributed by atoms with Crippen LogP contribution in [0.2, 0.25) is 0 Å². The standard InChI is InChI=1S/C12H16N2OS/c1-12(2,9-13)14-11(15)7-3-5-10-6-4-8-16-10/h4,6,8H,3,5,7H2,1-2H3,(H,14,15). The SMILES string of the molecule is CC(C)(C#N)NC(=O)CCCc1cccs1. The van der Waals surface area contributed by atoms with Crippen molar-refractivity contribution in [3.8, 4) is 6.07 Å². The normalized spacial score (nSPS) is 10.8. The van der Waals surface area contributed by atoms with Gasteiger partial charge in [0.15, 0.2) is 0 Å². The van der Waals surface area contributed by atoms with Crippen molar-refractivity contribution in [2.75, 3.05) is 0 Å². The maximum atomic E-state index is 11.5. The molecule has 1 aromatic rings. The van der Waals surface area contributed by atoms with E-state index in [0.717, 1.165) is 12.8 Å². The van der Waals surface area contributed by atoms with Crippen LogP contribution in [0.4, 0.5) is 0 Å². The molecule has 0 fully saturated rings. The second-order valence-corrected chi connectivity index (χ2v) is 5.25. The first-order chi connectivity index (χ1) is 7.53. The van der Waals surface area contributed by atoms with Gasteiger partial charge in [-0.25, -0.2) is 0 Å². The van der Waals surface area contributed by atoms with E-state index in [9.17, 15) is 4.79 Å². The highest BCUT2D eigenvalue weighted by molar-refractivity contribution is 7.09. The van der Waals surface area contributed by atoms with Gasteiger partial charge in [-0.05, 0) is 38.1 Å². The van der Waals surface area contributed by atoms with Crippen LogP contribution in [0.1, 0.15) is 31.6 Å². The zero-order chi connectivity index (χ0) is 12.0. The van der Waals surface area contributed by atoms with E-state index >= 15 is 0 Å². The Balaban J connectivity index is 2.24. The molecule has 1 amide bonds. The van der Waals surface area contributed by atoms with E-state index in [1.165, 1.54) is 4.88 Å². The van der Waals surface area contributed by atoms with Crippen molar-refractivity contribution in [2.45, 2.75) is 38.6 Å². The second kappa shape index (κ2) is 5.66. The van der Waals surface area contributed by atoms with Gasteiger partial charge >= 0.3 is 0 Å². The third-order valence-corrected chi connectivity index (χ3v) is 3.07. The number of carbonyl (C=O) groups excluding carboxylic acids is 1. The minimum absolute atomic E-state index is 0.0527.